The van der Waals surface area contributed by atoms with Crippen molar-refractivity contribution in [2.45, 2.75) is 40.0 Å². The zero-order valence-corrected chi connectivity index (χ0v) is 18.6. The molecule has 0 spiro atoms. The van der Waals surface area contributed by atoms with Gasteiger partial charge in [0.05, 0.1) is 12.1 Å². The van der Waals surface area contributed by atoms with Gasteiger partial charge in [-0.1, -0.05) is 35.9 Å². The molecule has 0 bridgehead atoms. The van der Waals surface area contributed by atoms with Gasteiger partial charge in [0.25, 0.3) is 11.8 Å². The van der Waals surface area contributed by atoms with E-state index in [9.17, 15) is 9.59 Å². The van der Waals surface area contributed by atoms with Crippen LogP contribution >= 0.6 is 0 Å². The second-order valence-electron chi connectivity index (χ2n) is 8.57. The third-order valence-corrected chi connectivity index (χ3v) is 5.93. The van der Waals surface area contributed by atoms with Gasteiger partial charge in [0.15, 0.2) is 0 Å². The smallest absolute Gasteiger partial charge is 0.277 e. The SMILES string of the molecule is Cc1ccc(C2=C(N3CCCCC3)C(=O)N(CCOc3cc(C)cc(C)c3)C2=O)cc1. The van der Waals surface area contributed by atoms with Gasteiger partial charge in [-0.05, 0) is 68.9 Å². The van der Waals surface area contributed by atoms with Gasteiger partial charge in [0.2, 0.25) is 0 Å². The molecule has 0 saturated carbocycles. The summed E-state index contributed by atoms with van der Waals surface area (Å²) in [6.45, 7) is 8.20. The Hall–Kier alpha value is -3.08. The maximum Gasteiger partial charge on any atom is 0.277 e. The number of piperidine rings is 1. The molecule has 0 atom stereocenters. The molecule has 0 unspecified atom stereocenters. The Labute approximate surface area is 184 Å². The van der Waals surface area contributed by atoms with Crippen molar-refractivity contribution in [3.05, 3.63) is 70.4 Å². The fourth-order valence-corrected chi connectivity index (χ4v) is 4.43. The number of hydrogen-bond acceptors (Lipinski definition) is 4. The van der Waals surface area contributed by atoms with Crippen LogP contribution in [0.3, 0.4) is 0 Å². The molecule has 0 aromatic heterocycles. The minimum atomic E-state index is -0.224. The van der Waals surface area contributed by atoms with Crippen LogP contribution in [0.1, 0.15) is 41.5 Å². The molecule has 0 N–H and O–H groups in total. The Morgan fingerprint density at radius 3 is 2.10 bits per heavy atom. The van der Waals surface area contributed by atoms with Gasteiger partial charge < -0.3 is 9.64 Å². The van der Waals surface area contributed by atoms with Crippen LogP contribution in [0.5, 0.6) is 5.75 Å². The van der Waals surface area contributed by atoms with Crippen LogP contribution in [0, 0.1) is 20.8 Å². The number of aryl methyl sites for hydroxylation is 3. The number of carbonyl (C=O) groups excluding carboxylic acids is 2. The van der Waals surface area contributed by atoms with Crippen molar-refractivity contribution in [2.24, 2.45) is 0 Å². The average molecular weight is 419 g/mol. The van der Waals surface area contributed by atoms with Crippen molar-refractivity contribution < 1.29 is 14.3 Å². The van der Waals surface area contributed by atoms with E-state index in [4.69, 9.17) is 4.74 Å². The molecule has 1 saturated heterocycles. The molecular weight excluding hydrogens is 388 g/mol. The lowest BCUT2D eigenvalue weighted by atomic mass is 10.0. The van der Waals surface area contributed by atoms with Crippen LogP contribution in [0.2, 0.25) is 0 Å². The molecule has 2 aliphatic rings. The summed E-state index contributed by atoms with van der Waals surface area (Å²) in [7, 11) is 0. The lowest BCUT2D eigenvalue weighted by molar-refractivity contribution is -0.138. The van der Waals surface area contributed by atoms with Gasteiger partial charge in [0.1, 0.15) is 18.1 Å². The van der Waals surface area contributed by atoms with Crippen molar-refractivity contribution in [3.8, 4) is 5.75 Å². The van der Waals surface area contributed by atoms with Crippen molar-refractivity contribution in [3.63, 3.8) is 0 Å². The number of ether oxygens (including phenoxy) is 1. The topological polar surface area (TPSA) is 49.9 Å². The minimum absolute atomic E-state index is 0.202. The van der Waals surface area contributed by atoms with Crippen molar-refractivity contribution in [1.29, 1.82) is 0 Å². The molecule has 1 fully saturated rings. The van der Waals surface area contributed by atoms with Crippen LogP contribution in [-0.2, 0) is 9.59 Å². The third kappa shape index (κ3) is 4.50. The molecule has 2 amide bonds. The first-order chi connectivity index (χ1) is 14.9. The molecule has 4 rings (SSSR count). The molecule has 0 radical (unpaired) electrons. The van der Waals surface area contributed by atoms with Crippen LogP contribution in [0.15, 0.2) is 48.2 Å². The van der Waals surface area contributed by atoms with E-state index in [1.807, 2.05) is 57.2 Å². The number of hydrogen-bond donors (Lipinski definition) is 0. The molecule has 5 heteroatoms. The summed E-state index contributed by atoms with van der Waals surface area (Å²) in [6, 6.07) is 13.9. The van der Waals surface area contributed by atoms with Gasteiger partial charge in [0, 0.05) is 13.1 Å². The standard InChI is InChI=1S/C26H30N2O3/c1-18-7-9-21(10-8-18)23-24(27-11-5-4-6-12-27)26(30)28(25(23)29)13-14-31-22-16-19(2)15-20(3)17-22/h7-10,15-17H,4-6,11-14H2,1-3H3. The molecular formula is C26H30N2O3. The lowest BCUT2D eigenvalue weighted by Gasteiger charge is -2.29. The Kier molecular flexibility index (Phi) is 6.12. The number of rotatable bonds is 6. The number of carbonyl (C=O) groups is 2. The van der Waals surface area contributed by atoms with E-state index in [-0.39, 0.29) is 25.0 Å². The van der Waals surface area contributed by atoms with Crippen molar-refractivity contribution in [1.82, 2.24) is 9.80 Å². The fraction of sp³-hybridized carbons (Fsp3) is 0.385. The molecule has 5 nitrogen and oxygen atoms in total. The van der Waals surface area contributed by atoms with E-state index in [1.165, 1.54) is 11.3 Å². The van der Waals surface area contributed by atoms with Crippen molar-refractivity contribution in [2.75, 3.05) is 26.2 Å². The Morgan fingerprint density at radius 1 is 0.806 bits per heavy atom. The summed E-state index contributed by atoms with van der Waals surface area (Å²) in [4.78, 5) is 30.2. The lowest BCUT2D eigenvalue weighted by Crippen LogP contribution is -2.39. The fourth-order valence-electron chi connectivity index (χ4n) is 4.43. The number of imide groups is 1. The summed E-state index contributed by atoms with van der Waals surface area (Å²) >= 11 is 0. The molecule has 162 valence electrons. The molecule has 2 aromatic rings. The van der Waals surface area contributed by atoms with E-state index in [2.05, 4.69) is 11.0 Å². The van der Waals surface area contributed by atoms with Crippen LogP contribution < -0.4 is 4.74 Å². The predicted molar refractivity (Wildman–Crippen MR) is 122 cm³/mol. The molecule has 0 aliphatic carbocycles. The number of amides is 2. The second-order valence-corrected chi connectivity index (χ2v) is 8.57. The van der Waals surface area contributed by atoms with Crippen LogP contribution in [-0.4, -0.2) is 47.9 Å². The maximum absolute atomic E-state index is 13.4. The largest absolute Gasteiger partial charge is 0.492 e. The summed E-state index contributed by atoms with van der Waals surface area (Å²) in [5, 5.41) is 0. The highest BCUT2D eigenvalue weighted by molar-refractivity contribution is 6.35. The molecule has 31 heavy (non-hydrogen) atoms. The van der Waals surface area contributed by atoms with E-state index >= 15 is 0 Å². The normalized spacial score (nSPS) is 17.0. The molecule has 2 aliphatic heterocycles. The van der Waals surface area contributed by atoms with E-state index in [0.717, 1.165) is 53.9 Å². The van der Waals surface area contributed by atoms with Gasteiger partial charge in [-0.15, -0.1) is 0 Å². The second kappa shape index (κ2) is 8.96. The first kappa shape index (κ1) is 21.2. The van der Waals surface area contributed by atoms with Gasteiger partial charge in [-0.2, -0.15) is 0 Å². The quantitative estimate of drug-likeness (QED) is 0.658. The summed E-state index contributed by atoms with van der Waals surface area (Å²) < 4.78 is 5.89. The maximum atomic E-state index is 13.4. The first-order valence-electron chi connectivity index (χ1n) is 11.1. The Balaban J connectivity index is 1.56. The first-order valence-corrected chi connectivity index (χ1v) is 11.1. The average Bonchev–Trinajstić information content (AvgIpc) is 2.99. The minimum Gasteiger partial charge on any atom is -0.492 e. The number of benzene rings is 2. The zero-order chi connectivity index (χ0) is 22.0. The van der Waals surface area contributed by atoms with E-state index in [0.29, 0.717) is 11.3 Å². The summed E-state index contributed by atoms with van der Waals surface area (Å²) in [6.07, 6.45) is 3.25. The third-order valence-electron chi connectivity index (χ3n) is 5.93. The highest BCUT2D eigenvalue weighted by Crippen LogP contribution is 2.33. The monoisotopic (exact) mass is 418 g/mol. The molecule has 2 aromatic carbocycles. The van der Waals surface area contributed by atoms with E-state index < -0.39 is 0 Å². The van der Waals surface area contributed by atoms with E-state index in [1.54, 1.807) is 0 Å². The number of likely N-dealkylation sites (tertiary alicyclic amines) is 1. The van der Waals surface area contributed by atoms with Crippen LogP contribution in [0.4, 0.5) is 0 Å². The highest BCUT2D eigenvalue weighted by atomic mass is 16.5. The van der Waals surface area contributed by atoms with Gasteiger partial charge in [-0.25, -0.2) is 0 Å². The summed E-state index contributed by atoms with van der Waals surface area (Å²) in [5.41, 5.74) is 5.26. The zero-order valence-electron chi connectivity index (χ0n) is 18.6. The highest BCUT2D eigenvalue weighted by Gasteiger charge is 2.41. The summed E-state index contributed by atoms with van der Waals surface area (Å²) in [5.74, 6) is 0.338. The van der Waals surface area contributed by atoms with Gasteiger partial charge >= 0.3 is 0 Å². The molecule has 2 heterocycles. The van der Waals surface area contributed by atoms with Crippen LogP contribution in [0.25, 0.3) is 5.57 Å². The van der Waals surface area contributed by atoms with Crippen molar-refractivity contribution >= 4 is 17.4 Å². The number of nitrogens with zero attached hydrogens (tertiary/aromatic N) is 2. The predicted octanol–water partition coefficient (Wildman–Crippen LogP) is 4.26. The Bertz CT molecular complexity index is 997. The Morgan fingerprint density at radius 2 is 1.45 bits per heavy atom. The van der Waals surface area contributed by atoms with Gasteiger partial charge in [-0.3, -0.25) is 14.5 Å².